The number of rotatable bonds is 5. The topological polar surface area (TPSA) is 24.5 Å². The van der Waals surface area contributed by atoms with Crippen LogP contribution in [-0.4, -0.2) is 38.7 Å². The smallest absolute Gasteiger partial charge is 0.123 e. The number of ether oxygens (including phenoxy) is 1. The normalized spacial score (nSPS) is 19.4. The summed E-state index contributed by atoms with van der Waals surface area (Å²) in [5.74, 6) is 1.68. The van der Waals surface area contributed by atoms with Crippen molar-refractivity contribution in [2.24, 2.45) is 5.92 Å². The first-order chi connectivity index (χ1) is 9.22. The second kappa shape index (κ2) is 8.73. The molecule has 1 saturated heterocycles. The van der Waals surface area contributed by atoms with Crippen LogP contribution in [-0.2, 0) is 6.54 Å². The number of hydrogen-bond donors (Lipinski definition) is 1. The van der Waals surface area contributed by atoms with Gasteiger partial charge in [-0.3, -0.25) is 4.90 Å². The zero-order chi connectivity index (χ0) is 13.7. The molecule has 0 amide bonds. The Morgan fingerprint density at radius 3 is 2.95 bits per heavy atom. The Bertz CT molecular complexity index is 413. The van der Waals surface area contributed by atoms with Gasteiger partial charge in [0, 0.05) is 23.7 Å². The summed E-state index contributed by atoms with van der Waals surface area (Å²) in [6.07, 6.45) is 2.60. The molecule has 1 aliphatic heterocycles. The summed E-state index contributed by atoms with van der Waals surface area (Å²) in [5, 5.41) is 4.06. The highest BCUT2D eigenvalue weighted by molar-refractivity contribution is 6.30. The SMILES string of the molecule is CNCC1CCCN(Cc2cc(Cl)ccc2OC)C1.Cl. The zero-order valence-corrected chi connectivity index (χ0v) is 13.8. The third-order valence-corrected chi connectivity index (χ3v) is 3.97. The van der Waals surface area contributed by atoms with Crippen molar-refractivity contribution in [3.63, 3.8) is 0 Å². The molecule has 114 valence electrons. The van der Waals surface area contributed by atoms with Gasteiger partial charge in [0.05, 0.1) is 7.11 Å². The third kappa shape index (κ3) is 4.81. The number of nitrogens with one attached hydrogen (secondary N) is 1. The van der Waals surface area contributed by atoms with E-state index in [4.69, 9.17) is 16.3 Å². The van der Waals surface area contributed by atoms with Gasteiger partial charge in [0.25, 0.3) is 0 Å². The van der Waals surface area contributed by atoms with Crippen molar-refractivity contribution < 1.29 is 4.74 Å². The monoisotopic (exact) mass is 318 g/mol. The second-order valence-electron chi connectivity index (χ2n) is 5.26. The van der Waals surface area contributed by atoms with Gasteiger partial charge in [-0.05, 0) is 57.1 Å². The van der Waals surface area contributed by atoms with Crippen LogP contribution < -0.4 is 10.1 Å². The highest BCUT2D eigenvalue weighted by Gasteiger charge is 2.20. The molecule has 2 rings (SSSR count). The van der Waals surface area contributed by atoms with E-state index in [1.54, 1.807) is 7.11 Å². The van der Waals surface area contributed by atoms with E-state index in [1.807, 2.05) is 25.2 Å². The van der Waals surface area contributed by atoms with Crippen molar-refractivity contribution in [2.45, 2.75) is 19.4 Å². The third-order valence-electron chi connectivity index (χ3n) is 3.73. The quantitative estimate of drug-likeness (QED) is 0.902. The van der Waals surface area contributed by atoms with E-state index in [-0.39, 0.29) is 12.4 Å². The van der Waals surface area contributed by atoms with Gasteiger partial charge in [-0.1, -0.05) is 11.6 Å². The standard InChI is InChI=1S/C15H23ClN2O.ClH/c1-17-9-12-4-3-7-18(10-12)11-13-8-14(16)5-6-15(13)19-2;/h5-6,8,12,17H,3-4,7,9-11H2,1-2H3;1H. The second-order valence-corrected chi connectivity index (χ2v) is 5.69. The molecule has 1 aromatic carbocycles. The molecule has 1 fully saturated rings. The first-order valence-electron chi connectivity index (χ1n) is 6.92. The maximum atomic E-state index is 6.09. The van der Waals surface area contributed by atoms with E-state index in [2.05, 4.69) is 10.2 Å². The fourth-order valence-corrected chi connectivity index (χ4v) is 3.06. The van der Waals surface area contributed by atoms with E-state index in [9.17, 15) is 0 Å². The number of nitrogens with zero attached hydrogens (tertiary/aromatic N) is 1. The zero-order valence-electron chi connectivity index (χ0n) is 12.2. The molecule has 3 nitrogen and oxygen atoms in total. The number of methoxy groups -OCH3 is 1. The average Bonchev–Trinajstić information content (AvgIpc) is 2.40. The highest BCUT2D eigenvalue weighted by atomic mass is 35.5. The van der Waals surface area contributed by atoms with E-state index < -0.39 is 0 Å². The van der Waals surface area contributed by atoms with Crippen molar-refractivity contribution in [2.75, 3.05) is 33.8 Å². The molecule has 0 aliphatic carbocycles. The number of likely N-dealkylation sites (tertiary alicyclic amines) is 1. The Hall–Kier alpha value is -0.480. The van der Waals surface area contributed by atoms with Crippen LogP contribution in [0.4, 0.5) is 0 Å². The summed E-state index contributed by atoms with van der Waals surface area (Å²) in [6, 6.07) is 5.85. The molecule has 20 heavy (non-hydrogen) atoms. The Kier molecular flexibility index (Phi) is 7.67. The van der Waals surface area contributed by atoms with Gasteiger partial charge < -0.3 is 10.1 Å². The van der Waals surface area contributed by atoms with Gasteiger partial charge in [0.15, 0.2) is 0 Å². The largest absolute Gasteiger partial charge is 0.496 e. The van der Waals surface area contributed by atoms with Crippen LogP contribution in [0, 0.1) is 5.92 Å². The van der Waals surface area contributed by atoms with Crippen molar-refractivity contribution in [3.05, 3.63) is 28.8 Å². The predicted octanol–water partition coefficient (Wildman–Crippen LogP) is 3.20. The number of halogens is 2. The van der Waals surface area contributed by atoms with Crippen molar-refractivity contribution in [3.8, 4) is 5.75 Å². The lowest BCUT2D eigenvalue weighted by Crippen LogP contribution is -2.38. The molecule has 1 atom stereocenters. The number of piperidine rings is 1. The Balaban J connectivity index is 0.00000200. The maximum absolute atomic E-state index is 6.09. The van der Waals surface area contributed by atoms with Gasteiger partial charge in [-0.2, -0.15) is 0 Å². The van der Waals surface area contributed by atoms with E-state index >= 15 is 0 Å². The van der Waals surface area contributed by atoms with Gasteiger partial charge in [0.1, 0.15) is 5.75 Å². The molecule has 1 N–H and O–H groups in total. The Morgan fingerprint density at radius 2 is 2.25 bits per heavy atom. The fraction of sp³-hybridized carbons (Fsp3) is 0.600. The first kappa shape index (κ1) is 17.6. The summed E-state index contributed by atoms with van der Waals surface area (Å²) >= 11 is 6.09. The van der Waals surface area contributed by atoms with Crippen LogP contribution in [0.5, 0.6) is 5.75 Å². The first-order valence-corrected chi connectivity index (χ1v) is 7.30. The molecule has 0 aromatic heterocycles. The lowest BCUT2D eigenvalue weighted by molar-refractivity contribution is 0.165. The Morgan fingerprint density at radius 1 is 1.45 bits per heavy atom. The minimum atomic E-state index is 0. The average molecular weight is 319 g/mol. The molecule has 0 radical (unpaired) electrons. The summed E-state index contributed by atoms with van der Waals surface area (Å²) in [5.41, 5.74) is 1.18. The molecule has 0 bridgehead atoms. The lowest BCUT2D eigenvalue weighted by atomic mass is 9.97. The van der Waals surface area contributed by atoms with Crippen molar-refractivity contribution in [1.82, 2.24) is 10.2 Å². The lowest BCUT2D eigenvalue weighted by Gasteiger charge is -2.33. The molecular weight excluding hydrogens is 295 g/mol. The van der Waals surface area contributed by atoms with Gasteiger partial charge in [0.2, 0.25) is 0 Å². The number of benzene rings is 1. The molecule has 0 spiro atoms. The number of hydrogen-bond acceptors (Lipinski definition) is 3. The van der Waals surface area contributed by atoms with Crippen LogP contribution in [0.25, 0.3) is 0 Å². The predicted molar refractivity (Wildman–Crippen MR) is 87.2 cm³/mol. The molecule has 5 heteroatoms. The molecular formula is C15H24Cl2N2O. The molecule has 1 aliphatic rings. The molecule has 0 saturated carbocycles. The fourth-order valence-electron chi connectivity index (χ4n) is 2.86. The van der Waals surface area contributed by atoms with Crippen LogP contribution >= 0.6 is 24.0 Å². The molecule has 1 unspecified atom stereocenters. The van der Waals surface area contributed by atoms with Gasteiger partial charge >= 0.3 is 0 Å². The van der Waals surface area contributed by atoms with Crippen molar-refractivity contribution >= 4 is 24.0 Å². The summed E-state index contributed by atoms with van der Waals surface area (Å²) in [6.45, 7) is 4.33. The maximum Gasteiger partial charge on any atom is 0.123 e. The van der Waals surface area contributed by atoms with E-state index in [1.165, 1.54) is 18.4 Å². The minimum absolute atomic E-state index is 0. The summed E-state index contributed by atoms with van der Waals surface area (Å²) < 4.78 is 5.42. The molecule has 1 heterocycles. The highest BCUT2D eigenvalue weighted by Crippen LogP contribution is 2.26. The van der Waals surface area contributed by atoms with E-state index in [0.29, 0.717) is 0 Å². The van der Waals surface area contributed by atoms with Crippen LogP contribution in [0.2, 0.25) is 5.02 Å². The van der Waals surface area contributed by atoms with Gasteiger partial charge in [-0.25, -0.2) is 0 Å². The van der Waals surface area contributed by atoms with Gasteiger partial charge in [-0.15, -0.1) is 12.4 Å². The summed E-state index contributed by atoms with van der Waals surface area (Å²) in [7, 11) is 3.74. The van der Waals surface area contributed by atoms with E-state index in [0.717, 1.165) is 42.9 Å². The van der Waals surface area contributed by atoms with Crippen molar-refractivity contribution in [1.29, 1.82) is 0 Å². The van der Waals surface area contributed by atoms with Crippen LogP contribution in [0.3, 0.4) is 0 Å². The van der Waals surface area contributed by atoms with Crippen LogP contribution in [0.1, 0.15) is 18.4 Å². The minimum Gasteiger partial charge on any atom is -0.496 e. The Labute approximate surface area is 133 Å². The molecule has 1 aromatic rings. The summed E-state index contributed by atoms with van der Waals surface area (Å²) in [4.78, 5) is 2.50. The van der Waals surface area contributed by atoms with Crippen LogP contribution in [0.15, 0.2) is 18.2 Å².